The maximum atomic E-state index is 4.64. The molecule has 4 unspecified atom stereocenters. The number of aromatic nitrogens is 1. The van der Waals surface area contributed by atoms with E-state index in [1.807, 2.05) is 6.20 Å². The Balaban J connectivity index is 1.83. The Labute approximate surface area is 104 Å². The van der Waals surface area contributed by atoms with Crippen molar-refractivity contribution in [3.05, 3.63) is 29.6 Å². The van der Waals surface area contributed by atoms with Gasteiger partial charge in [-0.15, -0.1) is 0 Å². The van der Waals surface area contributed by atoms with Crippen molar-refractivity contribution in [2.45, 2.75) is 45.1 Å². The zero-order chi connectivity index (χ0) is 11.8. The molecule has 0 spiro atoms. The van der Waals surface area contributed by atoms with Crippen molar-refractivity contribution >= 4 is 0 Å². The molecular weight excluding hydrogens is 208 g/mol. The van der Waals surface area contributed by atoms with Crippen molar-refractivity contribution in [1.82, 2.24) is 10.3 Å². The summed E-state index contributed by atoms with van der Waals surface area (Å²) in [5.41, 5.74) is 2.85. The van der Waals surface area contributed by atoms with Crippen LogP contribution in [0.3, 0.4) is 0 Å². The molecule has 2 aliphatic carbocycles. The molecule has 92 valence electrons. The number of hydrogen-bond donors (Lipinski definition) is 1. The molecule has 1 aromatic rings. The second-order valence-corrected chi connectivity index (χ2v) is 5.65. The molecule has 0 amide bonds. The molecule has 1 N–H and O–H groups in total. The van der Waals surface area contributed by atoms with E-state index in [2.05, 4.69) is 36.3 Å². The van der Waals surface area contributed by atoms with Crippen molar-refractivity contribution in [1.29, 1.82) is 0 Å². The number of nitrogens with one attached hydrogen (secondary N) is 1. The van der Waals surface area contributed by atoms with Crippen LogP contribution < -0.4 is 5.32 Å². The van der Waals surface area contributed by atoms with Crippen molar-refractivity contribution in [2.24, 2.45) is 11.8 Å². The second-order valence-electron chi connectivity index (χ2n) is 5.65. The highest BCUT2D eigenvalue weighted by atomic mass is 14.9. The molecule has 3 rings (SSSR count). The smallest absolute Gasteiger partial charge is 0.0482 e. The van der Waals surface area contributed by atoms with Gasteiger partial charge in [-0.1, -0.05) is 19.9 Å². The van der Waals surface area contributed by atoms with Crippen molar-refractivity contribution in [2.75, 3.05) is 6.54 Å². The fraction of sp³-hybridized carbons (Fsp3) is 0.667. The van der Waals surface area contributed by atoms with Gasteiger partial charge in [-0.05, 0) is 49.3 Å². The van der Waals surface area contributed by atoms with Crippen molar-refractivity contribution in [3.8, 4) is 0 Å². The molecule has 0 saturated heterocycles. The van der Waals surface area contributed by atoms with Crippen LogP contribution in [0, 0.1) is 11.8 Å². The third-order valence-corrected chi connectivity index (χ3v) is 4.51. The van der Waals surface area contributed by atoms with Gasteiger partial charge in [0.2, 0.25) is 0 Å². The van der Waals surface area contributed by atoms with Crippen LogP contribution in [-0.2, 0) is 6.42 Å². The van der Waals surface area contributed by atoms with Crippen LogP contribution in [-0.4, -0.2) is 17.6 Å². The summed E-state index contributed by atoms with van der Waals surface area (Å²) in [5, 5.41) is 3.72. The monoisotopic (exact) mass is 230 g/mol. The Bertz CT molecular complexity index is 402. The molecule has 17 heavy (non-hydrogen) atoms. The average Bonchev–Trinajstić information content (AvgIpc) is 2.91. The Morgan fingerprint density at radius 1 is 1.53 bits per heavy atom. The molecule has 1 aromatic heterocycles. The molecule has 0 aromatic carbocycles. The minimum Gasteiger partial charge on any atom is -0.313 e. The van der Waals surface area contributed by atoms with E-state index < -0.39 is 0 Å². The van der Waals surface area contributed by atoms with Gasteiger partial charge < -0.3 is 5.32 Å². The molecule has 0 aliphatic heterocycles. The van der Waals surface area contributed by atoms with E-state index in [1.165, 1.54) is 30.5 Å². The van der Waals surface area contributed by atoms with E-state index in [0.717, 1.165) is 18.4 Å². The molecule has 1 saturated carbocycles. The normalized spacial score (nSPS) is 32.2. The maximum Gasteiger partial charge on any atom is 0.0482 e. The molecular formula is C15H22N2. The number of aryl methyl sites for hydroxylation is 1. The van der Waals surface area contributed by atoms with Gasteiger partial charge >= 0.3 is 0 Å². The molecule has 0 radical (unpaired) electrons. The first kappa shape index (κ1) is 11.2. The minimum absolute atomic E-state index is 0.654. The third kappa shape index (κ3) is 1.99. The summed E-state index contributed by atoms with van der Waals surface area (Å²) in [6, 6.07) is 4.98. The van der Waals surface area contributed by atoms with Crippen LogP contribution in [0.2, 0.25) is 0 Å². The summed E-state index contributed by atoms with van der Waals surface area (Å²) in [4.78, 5) is 4.64. The number of nitrogens with zero attached hydrogens (tertiary/aromatic N) is 1. The summed E-state index contributed by atoms with van der Waals surface area (Å²) >= 11 is 0. The average molecular weight is 230 g/mol. The SMILES string of the molecule is CCNC(C1CCc2cccnc21)C1CC1C. The second kappa shape index (κ2) is 4.41. The van der Waals surface area contributed by atoms with Crippen LogP contribution in [0.4, 0.5) is 0 Å². The predicted octanol–water partition coefficient (Wildman–Crippen LogP) is 2.75. The predicted molar refractivity (Wildman–Crippen MR) is 70.0 cm³/mol. The summed E-state index contributed by atoms with van der Waals surface area (Å²) in [6.07, 6.45) is 5.86. The highest BCUT2D eigenvalue weighted by Gasteiger charge is 2.44. The largest absolute Gasteiger partial charge is 0.313 e. The molecule has 2 heteroatoms. The van der Waals surface area contributed by atoms with E-state index in [-0.39, 0.29) is 0 Å². The quantitative estimate of drug-likeness (QED) is 0.860. The first-order valence-corrected chi connectivity index (χ1v) is 6.98. The number of hydrogen-bond acceptors (Lipinski definition) is 2. The lowest BCUT2D eigenvalue weighted by atomic mass is 9.92. The van der Waals surface area contributed by atoms with Gasteiger partial charge in [-0.2, -0.15) is 0 Å². The molecule has 1 heterocycles. The minimum atomic E-state index is 0.654. The number of likely N-dealkylation sites (N-methyl/N-ethyl adjacent to an activating group) is 1. The van der Waals surface area contributed by atoms with E-state index in [4.69, 9.17) is 0 Å². The van der Waals surface area contributed by atoms with E-state index in [1.54, 1.807) is 0 Å². The van der Waals surface area contributed by atoms with Crippen LogP contribution in [0.5, 0.6) is 0 Å². The standard InChI is InChI=1S/C15H22N2/c1-3-16-15(13-9-10(13)2)12-7-6-11-5-4-8-17-14(11)12/h4-5,8,10,12-13,15-16H,3,6-7,9H2,1-2H3. The zero-order valence-corrected chi connectivity index (χ0v) is 10.8. The summed E-state index contributed by atoms with van der Waals surface area (Å²) in [6.45, 7) is 5.67. The number of rotatable bonds is 4. The lowest BCUT2D eigenvalue weighted by Crippen LogP contribution is -2.36. The van der Waals surface area contributed by atoms with Crippen LogP contribution in [0.1, 0.15) is 43.9 Å². The zero-order valence-electron chi connectivity index (χ0n) is 10.8. The first-order valence-electron chi connectivity index (χ1n) is 6.98. The van der Waals surface area contributed by atoms with E-state index in [0.29, 0.717) is 12.0 Å². The highest BCUT2D eigenvalue weighted by Crippen LogP contribution is 2.47. The first-order chi connectivity index (χ1) is 8.31. The van der Waals surface area contributed by atoms with Crippen molar-refractivity contribution < 1.29 is 0 Å². The number of pyridine rings is 1. The Hall–Kier alpha value is -0.890. The van der Waals surface area contributed by atoms with E-state index in [9.17, 15) is 0 Å². The van der Waals surface area contributed by atoms with Gasteiger partial charge in [0.1, 0.15) is 0 Å². The topological polar surface area (TPSA) is 24.9 Å². The molecule has 0 bridgehead atoms. The maximum absolute atomic E-state index is 4.64. The Morgan fingerprint density at radius 2 is 2.35 bits per heavy atom. The van der Waals surface area contributed by atoms with Crippen molar-refractivity contribution in [3.63, 3.8) is 0 Å². The summed E-state index contributed by atoms with van der Waals surface area (Å²) in [7, 11) is 0. The lowest BCUT2D eigenvalue weighted by Gasteiger charge is -2.25. The molecule has 2 nitrogen and oxygen atoms in total. The van der Waals surface area contributed by atoms with E-state index >= 15 is 0 Å². The lowest BCUT2D eigenvalue weighted by molar-refractivity contribution is 0.380. The fourth-order valence-electron chi connectivity index (χ4n) is 3.47. The molecule has 2 aliphatic rings. The van der Waals surface area contributed by atoms with Crippen LogP contribution in [0.15, 0.2) is 18.3 Å². The third-order valence-electron chi connectivity index (χ3n) is 4.51. The van der Waals surface area contributed by atoms with Gasteiger partial charge in [-0.3, -0.25) is 4.98 Å². The van der Waals surface area contributed by atoms with Gasteiger partial charge in [0.25, 0.3) is 0 Å². The van der Waals surface area contributed by atoms with Gasteiger partial charge in [-0.25, -0.2) is 0 Å². The fourth-order valence-corrected chi connectivity index (χ4v) is 3.47. The Morgan fingerprint density at radius 3 is 3.06 bits per heavy atom. The van der Waals surface area contributed by atoms with Gasteiger partial charge in [0.05, 0.1) is 0 Å². The van der Waals surface area contributed by atoms with Crippen LogP contribution in [0.25, 0.3) is 0 Å². The molecule has 1 fully saturated rings. The Kier molecular flexibility index (Phi) is 2.91. The summed E-state index contributed by atoms with van der Waals surface area (Å²) < 4.78 is 0. The van der Waals surface area contributed by atoms with Crippen LogP contribution >= 0.6 is 0 Å². The van der Waals surface area contributed by atoms with Gasteiger partial charge in [0.15, 0.2) is 0 Å². The molecule has 4 atom stereocenters. The summed E-state index contributed by atoms with van der Waals surface area (Å²) in [5.74, 6) is 2.45. The number of fused-ring (bicyclic) bond motifs is 1. The highest BCUT2D eigenvalue weighted by molar-refractivity contribution is 5.30. The van der Waals surface area contributed by atoms with Gasteiger partial charge in [0, 0.05) is 23.9 Å².